The number of carboxylic acid groups (broad SMARTS) is 1. The fraction of sp³-hybridized carbons (Fsp3) is 0.367. The molecule has 0 bridgehead atoms. The zero-order valence-electron chi connectivity index (χ0n) is 23.7. The van der Waals surface area contributed by atoms with Crippen LogP contribution in [-0.2, 0) is 31.3 Å². The minimum absolute atomic E-state index is 0.0224. The number of ether oxygens (including phenoxy) is 1. The number of anilines is 1. The maximum Gasteiger partial charge on any atom is 0.416 e. The molecule has 0 saturated heterocycles. The summed E-state index contributed by atoms with van der Waals surface area (Å²) in [5.74, 6) is -1.32. The molecule has 1 atom stereocenters. The number of nitrogens with zero attached hydrogens (tertiary/aromatic N) is 2. The first-order valence-electron chi connectivity index (χ1n) is 12.9. The van der Waals surface area contributed by atoms with Crippen molar-refractivity contribution in [2.75, 3.05) is 11.4 Å². The highest BCUT2D eigenvalue weighted by Gasteiger charge is 2.32. The van der Waals surface area contributed by atoms with E-state index in [1.807, 2.05) is 24.3 Å². The van der Waals surface area contributed by atoms with Crippen LogP contribution in [0.25, 0.3) is 0 Å². The first-order chi connectivity index (χ1) is 18.6. The van der Waals surface area contributed by atoms with Crippen molar-refractivity contribution in [3.8, 4) is 0 Å². The topological polar surface area (TPSA) is 126 Å². The van der Waals surface area contributed by atoms with E-state index in [4.69, 9.17) is 4.74 Å². The van der Waals surface area contributed by atoms with Crippen LogP contribution >= 0.6 is 0 Å². The van der Waals surface area contributed by atoms with Crippen molar-refractivity contribution < 1.29 is 27.9 Å². The van der Waals surface area contributed by atoms with Crippen LogP contribution in [0, 0.1) is 0 Å². The van der Waals surface area contributed by atoms with E-state index in [1.165, 1.54) is 30.3 Å². The Morgan fingerprint density at radius 1 is 0.925 bits per heavy atom. The predicted octanol–water partition coefficient (Wildman–Crippen LogP) is 5.47. The predicted molar refractivity (Wildman–Crippen MR) is 154 cm³/mol. The number of rotatable bonds is 9. The Morgan fingerprint density at radius 3 is 2.10 bits per heavy atom. The van der Waals surface area contributed by atoms with Crippen molar-refractivity contribution in [1.82, 2.24) is 10.3 Å². The fourth-order valence-electron chi connectivity index (χ4n) is 3.88. The van der Waals surface area contributed by atoms with Gasteiger partial charge < -0.3 is 9.84 Å². The van der Waals surface area contributed by atoms with Gasteiger partial charge in [0, 0.05) is 6.54 Å². The summed E-state index contributed by atoms with van der Waals surface area (Å²) < 4.78 is 33.0. The summed E-state index contributed by atoms with van der Waals surface area (Å²) in [5, 5.41) is 11.3. The quantitative estimate of drug-likeness (QED) is 0.349. The van der Waals surface area contributed by atoms with E-state index >= 15 is 0 Å². The Bertz CT molecular complexity index is 1430. The third kappa shape index (κ3) is 8.12. The summed E-state index contributed by atoms with van der Waals surface area (Å²) in [6.45, 7) is 10.8. The van der Waals surface area contributed by atoms with Crippen LogP contribution in [0.2, 0.25) is 0 Å². The van der Waals surface area contributed by atoms with Gasteiger partial charge in [-0.05, 0) is 61.6 Å². The average molecular weight is 568 g/mol. The Labute approximate surface area is 236 Å². The van der Waals surface area contributed by atoms with Gasteiger partial charge in [-0.2, -0.15) is 0 Å². The maximum absolute atomic E-state index is 13.8. The second-order valence-electron chi connectivity index (χ2n) is 11.4. The molecule has 1 unspecified atom stereocenters. The lowest BCUT2D eigenvalue weighted by molar-refractivity contribution is -0.135. The molecule has 0 aliphatic carbocycles. The second-order valence-corrected chi connectivity index (χ2v) is 13.5. The lowest BCUT2D eigenvalue weighted by Crippen LogP contribution is -2.40. The van der Waals surface area contributed by atoms with Gasteiger partial charge in [0.2, 0.25) is 0 Å². The number of pyridine rings is 1. The number of benzene rings is 2. The number of hydrogen-bond acceptors (Lipinski definition) is 7. The number of carbonyl (C=O) groups excluding carboxylic acids is 1. The van der Waals surface area contributed by atoms with Crippen LogP contribution in [-0.4, -0.2) is 42.7 Å². The van der Waals surface area contributed by atoms with Gasteiger partial charge in [0.25, 0.3) is 0 Å². The highest BCUT2D eigenvalue weighted by atomic mass is 32.2. The lowest BCUT2D eigenvalue weighted by atomic mass is 9.87. The molecule has 3 aromatic rings. The maximum atomic E-state index is 13.8. The first kappa shape index (κ1) is 30.8. The Kier molecular flexibility index (Phi) is 9.37. The number of hydrogen-bond donors (Lipinski definition) is 2. The van der Waals surface area contributed by atoms with E-state index in [-0.39, 0.29) is 28.4 Å². The van der Waals surface area contributed by atoms with Gasteiger partial charge in [-0.25, -0.2) is 18.2 Å². The van der Waals surface area contributed by atoms with Crippen molar-refractivity contribution in [3.05, 3.63) is 89.6 Å². The van der Waals surface area contributed by atoms with Gasteiger partial charge in [0.1, 0.15) is 18.0 Å². The molecule has 0 aliphatic rings. The van der Waals surface area contributed by atoms with E-state index in [2.05, 4.69) is 31.1 Å². The standard InChI is InChI=1S/C30H37N3O6S/c1-29(2,3)22-17-15-21(16-18-22)19-31-27(40(37,38)23-11-8-7-9-12-23)24-13-10-14-25(32-24)33(20-26(34)35)28(36)39-30(4,5)6/h7-18,27,31H,19-20H2,1-6H3,(H,34,35). The smallest absolute Gasteiger partial charge is 0.416 e. The molecule has 9 nitrogen and oxygen atoms in total. The fourth-order valence-corrected chi connectivity index (χ4v) is 5.44. The van der Waals surface area contributed by atoms with Crippen LogP contribution in [0.4, 0.5) is 10.6 Å². The Balaban J connectivity index is 2.02. The van der Waals surface area contributed by atoms with Crippen molar-refractivity contribution in [1.29, 1.82) is 0 Å². The summed E-state index contributed by atoms with van der Waals surface area (Å²) in [7, 11) is -3.99. The van der Waals surface area contributed by atoms with Gasteiger partial charge in [-0.1, -0.05) is 69.3 Å². The largest absolute Gasteiger partial charge is 0.480 e. The number of aliphatic carboxylic acids is 1. The van der Waals surface area contributed by atoms with E-state index < -0.39 is 39.4 Å². The SMILES string of the molecule is CC(C)(C)OC(=O)N(CC(=O)O)c1cccc(C(NCc2ccc(C(C)(C)C)cc2)S(=O)(=O)c2ccccc2)n1. The first-order valence-corrected chi connectivity index (χ1v) is 14.4. The molecule has 40 heavy (non-hydrogen) atoms. The minimum Gasteiger partial charge on any atom is -0.480 e. The van der Waals surface area contributed by atoms with Crippen LogP contribution in [0.1, 0.15) is 63.7 Å². The molecule has 1 aromatic heterocycles. The number of sulfone groups is 1. The molecule has 0 saturated carbocycles. The normalized spacial score (nSPS) is 12.9. The van der Waals surface area contributed by atoms with Crippen molar-refractivity contribution in [3.63, 3.8) is 0 Å². The summed E-state index contributed by atoms with van der Waals surface area (Å²) >= 11 is 0. The van der Waals surface area contributed by atoms with Gasteiger partial charge in [-0.3, -0.25) is 15.0 Å². The van der Waals surface area contributed by atoms with Crippen LogP contribution in [0.3, 0.4) is 0 Å². The van der Waals surface area contributed by atoms with E-state index in [0.717, 1.165) is 16.0 Å². The van der Waals surface area contributed by atoms with Crippen molar-refractivity contribution in [2.24, 2.45) is 0 Å². The second kappa shape index (κ2) is 12.2. The number of amides is 1. The molecule has 214 valence electrons. The summed E-state index contributed by atoms with van der Waals surface area (Å²) in [4.78, 5) is 29.9. The third-order valence-corrected chi connectivity index (χ3v) is 7.86. The van der Waals surface area contributed by atoms with Gasteiger partial charge in [-0.15, -0.1) is 0 Å². The molecule has 3 rings (SSSR count). The molecule has 1 amide bonds. The number of carboxylic acids is 1. The van der Waals surface area contributed by atoms with Crippen molar-refractivity contribution in [2.45, 2.75) is 69.4 Å². The molecule has 0 radical (unpaired) electrons. The molecule has 1 heterocycles. The number of aromatic nitrogens is 1. The van der Waals surface area contributed by atoms with Gasteiger partial charge in [0.05, 0.1) is 10.6 Å². The molecular formula is C30H37N3O6S. The van der Waals surface area contributed by atoms with Gasteiger partial charge in [0.15, 0.2) is 15.2 Å². The summed E-state index contributed by atoms with van der Waals surface area (Å²) in [6.07, 6.45) is -0.908. The third-order valence-electron chi connectivity index (χ3n) is 5.90. The van der Waals surface area contributed by atoms with Gasteiger partial charge >= 0.3 is 12.1 Å². The molecule has 0 aliphatic heterocycles. The molecular weight excluding hydrogens is 530 g/mol. The van der Waals surface area contributed by atoms with E-state index in [0.29, 0.717) is 0 Å². The Morgan fingerprint density at radius 2 is 1.55 bits per heavy atom. The molecule has 0 fully saturated rings. The molecule has 10 heteroatoms. The molecule has 2 aromatic carbocycles. The Hall–Kier alpha value is -3.76. The number of carbonyl (C=O) groups is 2. The van der Waals surface area contributed by atoms with Crippen LogP contribution in [0.15, 0.2) is 77.7 Å². The summed E-state index contributed by atoms with van der Waals surface area (Å²) in [6, 6.07) is 20.4. The highest BCUT2D eigenvalue weighted by molar-refractivity contribution is 7.91. The van der Waals surface area contributed by atoms with Crippen LogP contribution in [0.5, 0.6) is 0 Å². The zero-order valence-corrected chi connectivity index (χ0v) is 24.5. The molecule has 2 N–H and O–H groups in total. The average Bonchev–Trinajstić information content (AvgIpc) is 2.86. The van der Waals surface area contributed by atoms with E-state index in [1.54, 1.807) is 39.0 Å². The van der Waals surface area contributed by atoms with E-state index in [9.17, 15) is 23.1 Å². The van der Waals surface area contributed by atoms with Crippen LogP contribution < -0.4 is 10.2 Å². The van der Waals surface area contributed by atoms with Crippen molar-refractivity contribution >= 4 is 27.7 Å². The molecule has 0 spiro atoms. The highest BCUT2D eigenvalue weighted by Crippen LogP contribution is 2.28. The number of nitrogens with one attached hydrogen (secondary N) is 1. The lowest BCUT2D eigenvalue weighted by Gasteiger charge is -2.26. The monoisotopic (exact) mass is 567 g/mol. The summed E-state index contributed by atoms with van der Waals surface area (Å²) in [5.41, 5.74) is 1.23. The minimum atomic E-state index is -3.99. The zero-order chi connectivity index (χ0) is 29.7.